The highest BCUT2D eigenvalue weighted by atomic mass is 16.5. The first-order valence-corrected chi connectivity index (χ1v) is 8.02. The van der Waals surface area contributed by atoms with Crippen molar-refractivity contribution in [2.24, 2.45) is 0 Å². The Morgan fingerprint density at radius 3 is 2.59 bits per heavy atom. The van der Waals surface area contributed by atoms with Gasteiger partial charge in [0.2, 0.25) is 5.78 Å². The molecule has 3 rings (SSSR count). The van der Waals surface area contributed by atoms with E-state index >= 15 is 0 Å². The van der Waals surface area contributed by atoms with Gasteiger partial charge in [0, 0.05) is 6.07 Å². The molecule has 0 N–H and O–H groups in total. The summed E-state index contributed by atoms with van der Waals surface area (Å²) in [7, 11) is 2.92. The lowest BCUT2D eigenvalue weighted by Gasteiger charge is -2.10. The zero-order valence-electron chi connectivity index (χ0n) is 14.8. The minimum Gasteiger partial charge on any atom is -0.497 e. The third-order valence-corrected chi connectivity index (χ3v) is 3.93. The number of oxazole rings is 1. The molecule has 0 amide bonds. The van der Waals surface area contributed by atoms with Gasteiger partial charge in [0.05, 0.1) is 25.3 Å². The molecule has 1 heterocycles. The Morgan fingerprint density at radius 1 is 1.07 bits per heavy atom. The number of methoxy groups -OCH3 is 2. The summed E-state index contributed by atoms with van der Waals surface area (Å²) in [6.07, 6.45) is 0. The summed E-state index contributed by atoms with van der Waals surface area (Å²) in [4.78, 5) is 36.3. The van der Waals surface area contributed by atoms with Crippen LogP contribution in [0.5, 0.6) is 11.5 Å². The molecule has 0 saturated carbocycles. The molecule has 0 fully saturated rings. The second-order valence-corrected chi connectivity index (χ2v) is 5.57. The number of benzene rings is 2. The van der Waals surface area contributed by atoms with Crippen LogP contribution in [0, 0.1) is 0 Å². The van der Waals surface area contributed by atoms with Gasteiger partial charge in [0.1, 0.15) is 18.0 Å². The van der Waals surface area contributed by atoms with Crippen LogP contribution in [0.25, 0.3) is 11.1 Å². The van der Waals surface area contributed by atoms with E-state index in [0.29, 0.717) is 22.6 Å². The van der Waals surface area contributed by atoms with E-state index < -0.39 is 24.1 Å². The maximum absolute atomic E-state index is 12.3. The molecule has 0 aliphatic carbocycles. The van der Waals surface area contributed by atoms with E-state index in [1.54, 1.807) is 36.4 Å². The van der Waals surface area contributed by atoms with E-state index in [4.69, 9.17) is 18.6 Å². The van der Waals surface area contributed by atoms with Crippen LogP contribution in [0.2, 0.25) is 0 Å². The predicted molar refractivity (Wildman–Crippen MR) is 95.3 cm³/mol. The number of hydrogen-bond acceptors (Lipinski definition) is 7. The smallest absolute Gasteiger partial charge is 0.420 e. The summed E-state index contributed by atoms with van der Waals surface area (Å²) < 4.78 is 21.5. The number of fused-ring (bicyclic) bond motifs is 1. The molecule has 1 aromatic heterocycles. The van der Waals surface area contributed by atoms with E-state index in [9.17, 15) is 14.4 Å². The Morgan fingerprint density at radius 2 is 1.85 bits per heavy atom. The molecule has 0 aliphatic heterocycles. The number of esters is 1. The third-order valence-electron chi connectivity index (χ3n) is 3.93. The van der Waals surface area contributed by atoms with Crippen molar-refractivity contribution in [1.29, 1.82) is 0 Å². The van der Waals surface area contributed by atoms with Crippen molar-refractivity contribution in [1.82, 2.24) is 4.57 Å². The molecular weight excluding hydrogens is 354 g/mol. The first-order chi connectivity index (χ1) is 13.0. The number of hydrogen-bond donors (Lipinski definition) is 0. The van der Waals surface area contributed by atoms with Crippen molar-refractivity contribution in [3.8, 4) is 11.5 Å². The molecule has 8 heteroatoms. The Hall–Kier alpha value is -3.55. The number of aromatic nitrogens is 1. The average molecular weight is 371 g/mol. The fraction of sp³-hybridized carbons (Fsp3) is 0.211. The molecule has 0 aliphatic rings. The highest BCUT2D eigenvalue weighted by molar-refractivity contribution is 6.00. The van der Waals surface area contributed by atoms with Crippen LogP contribution in [0.3, 0.4) is 0 Å². The van der Waals surface area contributed by atoms with Crippen molar-refractivity contribution in [3.63, 3.8) is 0 Å². The molecule has 0 spiro atoms. The molecule has 0 atom stereocenters. The number of ether oxygens (including phenoxy) is 3. The molecule has 3 aromatic rings. The fourth-order valence-corrected chi connectivity index (χ4v) is 2.59. The van der Waals surface area contributed by atoms with Crippen molar-refractivity contribution in [3.05, 3.63) is 58.6 Å². The molecule has 8 nitrogen and oxygen atoms in total. The van der Waals surface area contributed by atoms with E-state index in [0.717, 1.165) is 4.57 Å². The number of nitrogens with zero attached hydrogens (tertiary/aromatic N) is 1. The van der Waals surface area contributed by atoms with Gasteiger partial charge in [-0.25, -0.2) is 4.79 Å². The molecule has 0 saturated heterocycles. The van der Waals surface area contributed by atoms with Gasteiger partial charge in [-0.15, -0.1) is 0 Å². The largest absolute Gasteiger partial charge is 0.497 e. The molecule has 140 valence electrons. The van der Waals surface area contributed by atoms with Crippen LogP contribution in [-0.2, 0) is 16.1 Å². The van der Waals surface area contributed by atoms with E-state index in [1.165, 1.54) is 20.3 Å². The van der Waals surface area contributed by atoms with Gasteiger partial charge in [-0.3, -0.25) is 14.2 Å². The van der Waals surface area contributed by atoms with E-state index in [2.05, 4.69) is 0 Å². The topological polar surface area (TPSA) is 97.0 Å². The zero-order chi connectivity index (χ0) is 19.4. The molecule has 0 unspecified atom stereocenters. The minimum absolute atomic E-state index is 0.261. The number of ketones is 1. The Labute approximate surface area is 153 Å². The normalized spacial score (nSPS) is 10.6. The van der Waals surface area contributed by atoms with Crippen molar-refractivity contribution >= 4 is 22.9 Å². The number of Topliss-reactive ketones (excluding diaryl/α,β-unsaturated/α-hetero) is 1. The van der Waals surface area contributed by atoms with E-state index in [1.807, 2.05) is 0 Å². The van der Waals surface area contributed by atoms with Gasteiger partial charge in [-0.2, -0.15) is 0 Å². The summed E-state index contributed by atoms with van der Waals surface area (Å²) in [6, 6.07) is 11.4. The fourth-order valence-electron chi connectivity index (χ4n) is 2.59. The maximum Gasteiger partial charge on any atom is 0.420 e. The predicted octanol–water partition coefficient (Wildman–Crippen LogP) is 2.04. The number of carbonyl (C=O) groups excluding carboxylic acids is 2. The lowest BCUT2D eigenvalue weighted by molar-refractivity contribution is -0.143. The van der Waals surface area contributed by atoms with Crippen LogP contribution >= 0.6 is 0 Å². The summed E-state index contributed by atoms with van der Waals surface area (Å²) in [5.74, 6) is -0.993. The minimum atomic E-state index is -0.732. The summed E-state index contributed by atoms with van der Waals surface area (Å²) in [5, 5.41) is 0. The molecule has 0 radical (unpaired) electrons. The standard InChI is InChI=1S/C19H17NO7/c1-24-12-7-8-13(17(9-12)25-2)15(21)11-26-18(22)10-20-14-5-3-4-6-16(14)27-19(20)23/h3-9H,10-11H2,1-2H3. The van der Waals surface area contributed by atoms with E-state index in [-0.39, 0.29) is 12.1 Å². The quantitative estimate of drug-likeness (QED) is 0.463. The first-order valence-electron chi connectivity index (χ1n) is 8.02. The molecule has 27 heavy (non-hydrogen) atoms. The lowest BCUT2D eigenvalue weighted by Crippen LogP contribution is -2.23. The zero-order valence-corrected chi connectivity index (χ0v) is 14.8. The van der Waals surface area contributed by atoms with Crippen molar-refractivity contribution in [2.75, 3.05) is 20.8 Å². The highest BCUT2D eigenvalue weighted by Crippen LogP contribution is 2.25. The SMILES string of the molecule is COc1ccc(C(=O)COC(=O)Cn2c(=O)oc3ccccc32)c(OC)c1. The van der Waals surface area contributed by atoms with Crippen LogP contribution in [0.4, 0.5) is 0 Å². The van der Waals surface area contributed by atoms with Gasteiger partial charge in [-0.1, -0.05) is 12.1 Å². The van der Waals surface area contributed by atoms with Crippen LogP contribution < -0.4 is 15.2 Å². The first kappa shape index (κ1) is 18.2. The molecule has 2 aromatic carbocycles. The second kappa shape index (κ2) is 7.77. The molecular formula is C19H17NO7. The van der Waals surface area contributed by atoms with Gasteiger partial charge >= 0.3 is 11.7 Å². The second-order valence-electron chi connectivity index (χ2n) is 5.57. The highest BCUT2D eigenvalue weighted by Gasteiger charge is 2.17. The number of carbonyl (C=O) groups is 2. The Kier molecular flexibility index (Phi) is 5.25. The number of rotatable bonds is 7. The maximum atomic E-state index is 12.3. The average Bonchev–Trinajstić information content (AvgIpc) is 3.00. The van der Waals surface area contributed by atoms with Crippen molar-refractivity contribution in [2.45, 2.75) is 6.54 Å². The summed E-state index contributed by atoms with van der Waals surface area (Å²) in [6.45, 7) is -0.838. The summed E-state index contributed by atoms with van der Waals surface area (Å²) in [5.41, 5.74) is 1.11. The molecule has 0 bridgehead atoms. The van der Waals surface area contributed by atoms with Gasteiger partial charge < -0.3 is 18.6 Å². The Bertz CT molecular complexity index is 1050. The lowest BCUT2D eigenvalue weighted by atomic mass is 10.1. The van der Waals surface area contributed by atoms with Crippen molar-refractivity contribution < 1.29 is 28.2 Å². The summed E-state index contributed by atoms with van der Waals surface area (Å²) >= 11 is 0. The third kappa shape index (κ3) is 3.84. The van der Waals surface area contributed by atoms with Crippen LogP contribution in [0.1, 0.15) is 10.4 Å². The van der Waals surface area contributed by atoms with Gasteiger partial charge in [0.15, 0.2) is 12.2 Å². The number of para-hydroxylation sites is 2. The Balaban J connectivity index is 1.68. The monoisotopic (exact) mass is 371 g/mol. The van der Waals surface area contributed by atoms with Crippen LogP contribution in [0.15, 0.2) is 51.7 Å². The van der Waals surface area contributed by atoms with Gasteiger partial charge in [-0.05, 0) is 24.3 Å². The van der Waals surface area contributed by atoms with Crippen LogP contribution in [-0.4, -0.2) is 37.1 Å². The van der Waals surface area contributed by atoms with Gasteiger partial charge in [0.25, 0.3) is 0 Å².